The first kappa shape index (κ1) is 16.1. The molecule has 0 bridgehead atoms. The largest absolute Gasteiger partial charge is 0.469 e. The third-order valence-electron chi connectivity index (χ3n) is 4.61. The van der Waals surface area contributed by atoms with Gasteiger partial charge in [-0.05, 0) is 25.0 Å². The van der Waals surface area contributed by atoms with Crippen LogP contribution in [0, 0.1) is 5.92 Å². The van der Waals surface area contributed by atoms with E-state index in [0.717, 1.165) is 25.1 Å². The van der Waals surface area contributed by atoms with Crippen LogP contribution < -0.4 is 0 Å². The predicted octanol–water partition coefficient (Wildman–Crippen LogP) is 1.31. The van der Waals surface area contributed by atoms with E-state index in [1.807, 2.05) is 21.9 Å². The van der Waals surface area contributed by atoms with E-state index in [0.29, 0.717) is 45.7 Å². The number of likely N-dealkylation sites (tertiary alicyclic amines) is 1. The number of amides is 2. The van der Waals surface area contributed by atoms with Crippen molar-refractivity contribution in [2.75, 3.05) is 39.4 Å². The maximum absolute atomic E-state index is 12.6. The van der Waals surface area contributed by atoms with E-state index in [1.54, 1.807) is 6.26 Å². The molecule has 1 unspecified atom stereocenters. The number of ether oxygens (including phenoxy) is 1. The van der Waals surface area contributed by atoms with Crippen LogP contribution in [0.25, 0.3) is 0 Å². The Hall–Kier alpha value is -1.82. The Morgan fingerprint density at radius 2 is 2.00 bits per heavy atom. The second-order valence-corrected chi connectivity index (χ2v) is 6.20. The van der Waals surface area contributed by atoms with Crippen LogP contribution in [0.5, 0.6) is 0 Å². The third kappa shape index (κ3) is 4.13. The zero-order chi connectivity index (χ0) is 16.1. The molecule has 1 aromatic rings. The molecule has 2 aliphatic rings. The number of carbonyl (C=O) groups is 2. The van der Waals surface area contributed by atoms with Gasteiger partial charge in [-0.3, -0.25) is 9.59 Å². The van der Waals surface area contributed by atoms with Gasteiger partial charge in [0.25, 0.3) is 0 Å². The Bertz CT molecular complexity index is 523. The van der Waals surface area contributed by atoms with Gasteiger partial charge in [0.1, 0.15) is 5.76 Å². The van der Waals surface area contributed by atoms with Gasteiger partial charge in [0.2, 0.25) is 11.8 Å². The summed E-state index contributed by atoms with van der Waals surface area (Å²) in [4.78, 5) is 28.7. The van der Waals surface area contributed by atoms with Gasteiger partial charge in [0, 0.05) is 39.0 Å². The summed E-state index contributed by atoms with van der Waals surface area (Å²) in [6.45, 7) is 3.87. The number of furan rings is 1. The average molecular weight is 320 g/mol. The number of carbonyl (C=O) groups excluding carboxylic acids is 2. The standard InChI is InChI=1S/C17H24N2O4/c20-16(6-5-15-4-2-10-23-15)19-7-1-3-14(13-19)17(21)18-8-11-22-12-9-18/h2,4,10,14H,1,3,5-9,11-13H2. The summed E-state index contributed by atoms with van der Waals surface area (Å²) in [6.07, 6.45) is 4.44. The van der Waals surface area contributed by atoms with Gasteiger partial charge in [0.05, 0.1) is 25.4 Å². The van der Waals surface area contributed by atoms with Crippen LogP contribution in [0.4, 0.5) is 0 Å². The lowest BCUT2D eigenvalue weighted by molar-refractivity contribution is -0.144. The van der Waals surface area contributed by atoms with Crippen molar-refractivity contribution in [3.8, 4) is 0 Å². The summed E-state index contributed by atoms with van der Waals surface area (Å²) in [7, 11) is 0. The van der Waals surface area contributed by atoms with Gasteiger partial charge in [-0.1, -0.05) is 0 Å². The number of hydrogen-bond donors (Lipinski definition) is 0. The van der Waals surface area contributed by atoms with Crippen molar-refractivity contribution in [1.29, 1.82) is 0 Å². The maximum atomic E-state index is 12.6. The molecule has 23 heavy (non-hydrogen) atoms. The molecule has 0 radical (unpaired) electrons. The Balaban J connectivity index is 1.50. The predicted molar refractivity (Wildman–Crippen MR) is 83.7 cm³/mol. The van der Waals surface area contributed by atoms with E-state index in [1.165, 1.54) is 0 Å². The molecule has 126 valence electrons. The first-order valence-corrected chi connectivity index (χ1v) is 8.41. The fourth-order valence-electron chi connectivity index (χ4n) is 3.29. The smallest absolute Gasteiger partial charge is 0.227 e. The molecule has 1 atom stereocenters. The fourth-order valence-corrected chi connectivity index (χ4v) is 3.29. The molecular weight excluding hydrogens is 296 g/mol. The van der Waals surface area contributed by atoms with Crippen molar-refractivity contribution in [2.45, 2.75) is 25.7 Å². The lowest BCUT2D eigenvalue weighted by Gasteiger charge is -2.36. The molecule has 0 N–H and O–H groups in total. The zero-order valence-corrected chi connectivity index (χ0v) is 13.4. The van der Waals surface area contributed by atoms with Crippen LogP contribution >= 0.6 is 0 Å². The molecule has 3 heterocycles. The highest BCUT2D eigenvalue weighted by Gasteiger charge is 2.31. The Kier molecular flexibility index (Phi) is 5.33. The molecule has 3 rings (SSSR count). The van der Waals surface area contributed by atoms with E-state index in [4.69, 9.17) is 9.15 Å². The fraction of sp³-hybridized carbons (Fsp3) is 0.647. The first-order chi connectivity index (χ1) is 11.2. The van der Waals surface area contributed by atoms with Gasteiger partial charge in [-0.25, -0.2) is 0 Å². The van der Waals surface area contributed by atoms with Crippen molar-refractivity contribution in [3.63, 3.8) is 0 Å². The summed E-state index contributed by atoms with van der Waals surface area (Å²) in [5.41, 5.74) is 0. The molecule has 0 aromatic carbocycles. The highest BCUT2D eigenvalue weighted by atomic mass is 16.5. The second kappa shape index (κ2) is 7.64. The lowest BCUT2D eigenvalue weighted by atomic mass is 9.96. The summed E-state index contributed by atoms with van der Waals surface area (Å²) >= 11 is 0. The lowest BCUT2D eigenvalue weighted by Crippen LogP contribution is -2.49. The molecule has 2 saturated heterocycles. The number of aryl methyl sites for hydroxylation is 1. The van der Waals surface area contributed by atoms with Crippen LogP contribution in [0.1, 0.15) is 25.0 Å². The quantitative estimate of drug-likeness (QED) is 0.839. The molecule has 0 aliphatic carbocycles. The number of nitrogens with zero attached hydrogens (tertiary/aromatic N) is 2. The van der Waals surface area contributed by atoms with Crippen LogP contribution in [-0.2, 0) is 20.7 Å². The number of piperidine rings is 1. The van der Waals surface area contributed by atoms with Crippen LogP contribution in [-0.4, -0.2) is 61.0 Å². The van der Waals surface area contributed by atoms with Crippen LogP contribution in [0.3, 0.4) is 0 Å². The van der Waals surface area contributed by atoms with E-state index < -0.39 is 0 Å². The van der Waals surface area contributed by atoms with Gasteiger partial charge < -0.3 is 19.0 Å². The average Bonchev–Trinajstić information content (AvgIpc) is 3.13. The molecule has 6 nitrogen and oxygen atoms in total. The van der Waals surface area contributed by atoms with E-state index in [2.05, 4.69) is 0 Å². The normalized spacial score (nSPS) is 22.2. The minimum atomic E-state index is -0.0607. The van der Waals surface area contributed by atoms with Crippen LogP contribution in [0.2, 0.25) is 0 Å². The number of morpholine rings is 1. The highest BCUT2D eigenvalue weighted by molar-refractivity contribution is 5.81. The van der Waals surface area contributed by atoms with Crippen molar-refractivity contribution < 1.29 is 18.7 Å². The van der Waals surface area contributed by atoms with Gasteiger partial charge >= 0.3 is 0 Å². The number of hydrogen-bond acceptors (Lipinski definition) is 4. The molecule has 1 aromatic heterocycles. The third-order valence-corrected chi connectivity index (χ3v) is 4.61. The molecule has 2 aliphatic heterocycles. The first-order valence-electron chi connectivity index (χ1n) is 8.41. The van der Waals surface area contributed by atoms with Crippen molar-refractivity contribution in [3.05, 3.63) is 24.2 Å². The summed E-state index contributed by atoms with van der Waals surface area (Å²) in [5.74, 6) is 1.06. The maximum Gasteiger partial charge on any atom is 0.227 e. The summed E-state index contributed by atoms with van der Waals surface area (Å²) < 4.78 is 10.6. The Morgan fingerprint density at radius 3 is 2.74 bits per heavy atom. The second-order valence-electron chi connectivity index (χ2n) is 6.20. The molecule has 2 amide bonds. The Morgan fingerprint density at radius 1 is 1.17 bits per heavy atom. The van der Waals surface area contributed by atoms with E-state index in [9.17, 15) is 9.59 Å². The Labute approximate surface area is 136 Å². The van der Waals surface area contributed by atoms with Gasteiger partial charge in [-0.15, -0.1) is 0 Å². The summed E-state index contributed by atoms with van der Waals surface area (Å²) in [5, 5.41) is 0. The SMILES string of the molecule is O=C(CCc1ccco1)N1CCCC(C(=O)N2CCOCC2)C1. The highest BCUT2D eigenvalue weighted by Crippen LogP contribution is 2.20. The monoisotopic (exact) mass is 320 g/mol. The topological polar surface area (TPSA) is 63.0 Å². The van der Waals surface area contributed by atoms with Crippen molar-refractivity contribution in [1.82, 2.24) is 9.80 Å². The van der Waals surface area contributed by atoms with E-state index >= 15 is 0 Å². The molecule has 0 spiro atoms. The minimum Gasteiger partial charge on any atom is -0.469 e. The molecule has 6 heteroatoms. The molecule has 2 fully saturated rings. The zero-order valence-electron chi connectivity index (χ0n) is 13.4. The minimum absolute atomic E-state index is 0.0607. The van der Waals surface area contributed by atoms with Gasteiger partial charge in [0.15, 0.2) is 0 Å². The van der Waals surface area contributed by atoms with Crippen molar-refractivity contribution in [2.24, 2.45) is 5.92 Å². The molecular formula is C17H24N2O4. The molecule has 0 saturated carbocycles. The number of rotatable bonds is 4. The van der Waals surface area contributed by atoms with E-state index in [-0.39, 0.29) is 17.7 Å². The van der Waals surface area contributed by atoms with Crippen molar-refractivity contribution >= 4 is 11.8 Å². The summed E-state index contributed by atoms with van der Waals surface area (Å²) in [6, 6.07) is 3.71. The van der Waals surface area contributed by atoms with Gasteiger partial charge in [-0.2, -0.15) is 0 Å². The van der Waals surface area contributed by atoms with Crippen LogP contribution in [0.15, 0.2) is 22.8 Å².